The van der Waals surface area contributed by atoms with Crippen LogP contribution < -0.4 is 0 Å². The van der Waals surface area contributed by atoms with Crippen LogP contribution >= 0.6 is 34.8 Å². The highest BCUT2D eigenvalue weighted by Gasteiger charge is 2.19. The van der Waals surface area contributed by atoms with Crippen molar-refractivity contribution in [2.45, 2.75) is 12.3 Å². The molecule has 0 aliphatic heterocycles. The maximum absolute atomic E-state index is 13.4. The zero-order valence-corrected chi connectivity index (χ0v) is 13.2. The Morgan fingerprint density at radius 1 is 1.19 bits per heavy atom. The largest absolute Gasteiger partial charge is 0.293 e. The molecule has 0 saturated carbocycles. The minimum Gasteiger partial charge on any atom is -0.293 e. The van der Waals surface area contributed by atoms with Gasteiger partial charge < -0.3 is 0 Å². The van der Waals surface area contributed by atoms with E-state index < -0.39 is 0 Å². The van der Waals surface area contributed by atoms with Crippen LogP contribution in [0.15, 0.2) is 36.4 Å². The summed E-state index contributed by atoms with van der Waals surface area (Å²) in [5.74, 6) is 0.236. The molecule has 1 atom stereocenters. The van der Waals surface area contributed by atoms with Gasteiger partial charge in [0.2, 0.25) is 0 Å². The average molecular weight is 344 g/mol. The first-order chi connectivity index (χ1) is 9.99. The number of benzene rings is 2. The number of aromatic nitrogens is 2. The quantitative estimate of drug-likeness (QED) is 0.540. The van der Waals surface area contributed by atoms with Crippen molar-refractivity contribution in [3.05, 3.63) is 58.1 Å². The summed E-state index contributed by atoms with van der Waals surface area (Å²) in [4.78, 5) is 4.41. The van der Waals surface area contributed by atoms with Gasteiger partial charge in [0, 0.05) is 6.07 Å². The molecule has 1 unspecified atom stereocenters. The van der Waals surface area contributed by atoms with E-state index in [1.165, 1.54) is 12.1 Å². The number of alkyl halides is 1. The molecule has 3 aromatic rings. The summed E-state index contributed by atoms with van der Waals surface area (Å²) < 4.78 is 15.2. The monoisotopic (exact) mass is 342 g/mol. The number of nitrogens with zero attached hydrogens (tertiary/aromatic N) is 2. The van der Waals surface area contributed by atoms with Crippen LogP contribution in [0, 0.1) is 5.82 Å². The lowest BCUT2D eigenvalue weighted by atomic mass is 10.2. The highest BCUT2D eigenvalue weighted by atomic mass is 35.5. The van der Waals surface area contributed by atoms with Crippen molar-refractivity contribution in [3.63, 3.8) is 0 Å². The summed E-state index contributed by atoms with van der Waals surface area (Å²) in [7, 11) is 0. The summed E-state index contributed by atoms with van der Waals surface area (Å²) >= 11 is 18.6. The molecule has 2 nitrogen and oxygen atoms in total. The van der Waals surface area contributed by atoms with E-state index in [0.717, 1.165) is 5.52 Å². The number of imidazole rings is 1. The Labute approximate surface area is 136 Å². The smallest absolute Gasteiger partial charge is 0.132 e. The van der Waals surface area contributed by atoms with Crippen LogP contribution in [0.5, 0.6) is 0 Å². The summed E-state index contributed by atoms with van der Waals surface area (Å²) in [5.41, 5.74) is 1.91. The van der Waals surface area contributed by atoms with Gasteiger partial charge in [-0.3, -0.25) is 4.57 Å². The number of rotatable bonds is 2. The van der Waals surface area contributed by atoms with E-state index in [0.29, 0.717) is 27.1 Å². The van der Waals surface area contributed by atoms with Gasteiger partial charge >= 0.3 is 0 Å². The number of halogens is 4. The third kappa shape index (κ3) is 2.50. The fourth-order valence-electron chi connectivity index (χ4n) is 2.26. The Kier molecular flexibility index (Phi) is 3.82. The van der Waals surface area contributed by atoms with Crippen LogP contribution in [-0.4, -0.2) is 9.55 Å². The van der Waals surface area contributed by atoms with Crippen LogP contribution in [0.25, 0.3) is 16.7 Å². The molecule has 0 amide bonds. The Bertz CT molecular complexity index is 827. The number of hydrogen-bond acceptors (Lipinski definition) is 1. The zero-order valence-electron chi connectivity index (χ0n) is 10.9. The normalized spacial score (nSPS) is 12.8. The van der Waals surface area contributed by atoms with E-state index in [4.69, 9.17) is 34.8 Å². The molecule has 1 aromatic heterocycles. The predicted molar refractivity (Wildman–Crippen MR) is 85.3 cm³/mol. The SMILES string of the molecule is CC(Cl)c1nc2cc(F)ccc2n1-c1cccc(Cl)c1Cl. The Balaban J connectivity index is 2.39. The molecule has 0 spiro atoms. The molecule has 0 fully saturated rings. The van der Waals surface area contributed by atoms with Gasteiger partial charge in [0.25, 0.3) is 0 Å². The second kappa shape index (κ2) is 5.48. The van der Waals surface area contributed by atoms with Crippen molar-refractivity contribution >= 4 is 45.8 Å². The minimum absolute atomic E-state index is 0.349. The second-order valence-electron chi connectivity index (χ2n) is 4.63. The van der Waals surface area contributed by atoms with Gasteiger partial charge in [0.1, 0.15) is 11.6 Å². The molecule has 0 aliphatic rings. The Morgan fingerprint density at radius 3 is 2.67 bits per heavy atom. The molecule has 2 aromatic carbocycles. The van der Waals surface area contributed by atoms with E-state index in [1.807, 2.05) is 6.07 Å². The van der Waals surface area contributed by atoms with Crippen molar-refractivity contribution in [2.75, 3.05) is 0 Å². The van der Waals surface area contributed by atoms with Gasteiger partial charge in [-0.05, 0) is 31.2 Å². The molecule has 1 heterocycles. The zero-order chi connectivity index (χ0) is 15.1. The van der Waals surface area contributed by atoms with E-state index >= 15 is 0 Å². The molecule has 0 saturated heterocycles. The summed E-state index contributed by atoms with van der Waals surface area (Å²) in [6.07, 6.45) is 0. The van der Waals surface area contributed by atoms with Crippen molar-refractivity contribution < 1.29 is 4.39 Å². The maximum Gasteiger partial charge on any atom is 0.132 e. The van der Waals surface area contributed by atoms with Crippen LogP contribution in [0.4, 0.5) is 4.39 Å². The minimum atomic E-state index is -0.365. The maximum atomic E-state index is 13.4. The van der Waals surface area contributed by atoms with Crippen molar-refractivity contribution in [1.82, 2.24) is 9.55 Å². The van der Waals surface area contributed by atoms with Crippen molar-refractivity contribution in [3.8, 4) is 5.69 Å². The lowest BCUT2D eigenvalue weighted by molar-refractivity contribution is 0.629. The predicted octanol–water partition coefficient (Wildman–Crippen LogP) is 5.77. The fourth-order valence-corrected chi connectivity index (χ4v) is 2.78. The van der Waals surface area contributed by atoms with Crippen molar-refractivity contribution in [1.29, 1.82) is 0 Å². The molecule has 0 N–H and O–H groups in total. The molecule has 0 bridgehead atoms. The fraction of sp³-hybridized carbons (Fsp3) is 0.133. The molecule has 21 heavy (non-hydrogen) atoms. The van der Waals surface area contributed by atoms with Crippen LogP contribution in [0.3, 0.4) is 0 Å². The second-order valence-corrected chi connectivity index (χ2v) is 6.07. The summed E-state index contributed by atoms with van der Waals surface area (Å²) in [6.45, 7) is 1.80. The first kappa shape index (κ1) is 14.6. The first-order valence-corrected chi connectivity index (χ1v) is 7.44. The van der Waals surface area contributed by atoms with Gasteiger partial charge in [-0.1, -0.05) is 29.3 Å². The lowest BCUT2D eigenvalue weighted by Gasteiger charge is -2.13. The van der Waals surface area contributed by atoms with Gasteiger partial charge in [0.15, 0.2) is 0 Å². The van der Waals surface area contributed by atoms with Gasteiger partial charge in [-0.15, -0.1) is 11.6 Å². The molecule has 0 aliphatic carbocycles. The third-order valence-electron chi connectivity index (χ3n) is 3.17. The third-order valence-corrected chi connectivity index (χ3v) is 4.17. The number of fused-ring (bicyclic) bond motifs is 1. The first-order valence-electron chi connectivity index (χ1n) is 6.25. The average Bonchev–Trinajstić information content (AvgIpc) is 2.80. The van der Waals surface area contributed by atoms with Crippen LogP contribution in [0.1, 0.15) is 18.1 Å². The topological polar surface area (TPSA) is 17.8 Å². The van der Waals surface area contributed by atoms with Gasteiger partial charge in [-0.25, -0.2) is 9.37 Å². The van der Waals surface area contributed by atoms with E-state index in [-0.39, 0.29) is 11.2 Å². The summed E-state index contributed by atoms with van der Waals surface area (Å²) in [6, 6.07) is 9.71. The molecule has 6 heteroatoms. The van der Waals surface area contributed by atoms with Crippen molar-refractivity contribution in [2.24, 2.45) is 0 Å². The molecular formula is C15H10Cl3FN2. The van der Waals surface area contributed by atoms with E-state index in [1.54, 1.807) is 29.7 Å². The highest BCUT2D eigenvalue weighted by Crippen LogP contribution is 2.34. The lowest BCUT2D eigenvalue weighted by Crippen LogP contribution is -2.02. The van der Waals surface area contributed by atoms with Crippen LogP contribution in [0.2, 0.25) is 10.0 Å². The van der Waals surface area contributed by atoms with Crippen LogP contribution in [-0.2, 0) is 0 Å². The molecular weight excluding hydrogens is 334 g/mol. The molecule has 3 rings (SSSR count). The molecule has 108 valence electrons. The molecule has 0 radical (unpaired) electrons. The summed E-state index contributed by atoms with van der Waals surface area (Å²) in [5, 5.41) is 0.475. The Hall–Kier alpha value is -1.29. The Morgan fingerprint density at radius 2 is 1.95 bits per heavy atom. The van der Waals surface area contributed by atoms with Gasteiger partial charge in [0.05, 0.1) is 32.1 Å². The standard InChI is InChI=1S/C15H10Cl3FN2/c1-8(16)15-20-11-7-9(19)5-6-12(11)21(15)13-4-2-3-10(17)14(13)18/h2-8H,1H3. The van der Waals surface area contributed by atoms with E-state index in [9.17, 15) is 4.39 Å². The van der Waals surface area contributed by atoms with Gasteiger partial charge in [-0.2, -0.15) is 0 Å². The highest BCUT2D eigenvalue weighted by molar-refractivity contribution is 6.43. The van der Waals surface area contributed by atoms with E-state index in [2.05, 4.69) is 4.98 Å². The number of hydrogen-bond donors (Lipinski definition) is 0.